The van der Waals surface area contributed by atoms with E-state index in [0.717, 1.165) is 5.56 Å². The summed E-state index contributed by atoms with van der Waals surface area (Å²) < 4.78 is 38.2. The third-order valence-corrected chi connectivity index (χ3v) is 4.55. The molecule has 0 fully saturated rings. The van der Waals surface area contributed by atoms with Gasteiger partial charge in [0.15, 0.2) is 14.9 Å². The molecule has 0 radical (unpaired) electrons. The summed E-state index contributed by atoms with van der Waals surface area (Å²) in [5, 5.41) is 4.00. The molecule has 0 atom stereocenters. The highest BCUT2D eigenvalue weighted by Crippen LogP contribution is 2.18. The molecule has 20 heavy (non-hydrogen) atoms. The van der Waals surface area contributed by atoms with Gasteiger partial charge in [0, 0.05) is 18.0 Å². The molecule has 2 rings (SSSR count). The molecule has 0 N–H and O–H groups in total. The Morgan fingerprint density at radius 2 is 2.05 bits per heavy atom. The Morgan fingerprint density at radius 1 is 1.30 bits per heavy atom. The second-order valence-electron chi connectivity index (χ2n) is 4.69. The fourth-order valence-electron chi connectivity index (χ4n) is 2.01. The summed E-state index contributed by atoms with van der Waals surface area (Å²) in [6.45, 7) is 3.17. The molecule has 2 heterocycles. The zero-order valence-electron chi connectivity index (χ0n) is 11.4. The van der Waals surface area contributed by atoms with Crippen LogP contribution in [0.5, 0.6) is 0 Å². The average molecular weight is 297 g/mol. The molecule has 108 valence electrons. The average Bonchev–Trinajstić information content (AvgIpc) is 2.75. The first-order valence-electron chi connectivity index (χ1n) is 6.15. The summed E-state index contributed by atoms with van der Waals surface area (Å²) in [4.78, 5) is 4.01. The number of aromatic nitrogens is 3. The topological polar surface area (TPSA) is 64.8 Å². The minimum atomic E-state index is -3.52. The molecule has 0 saturated heterocycles. The normalized spacial score (nSPS) is 11.8. The van der Waals surface area contributed by atoms with Gasteiger partial charge in [-0.2, -0.15) is 5.10 Å². The Bertz CT molecular complexity index is 710. The van der Waals surface area contributed by atoms with Gasteiger partial charge in [-0.25, -0.2) is 17.8 Å². The molecule has 0 bridgehead atoms. The van der Waals surface area contributed by atoms with Crippen LogP contribution in [0.15, 0.2) is 29.7 Å². The van der Waals surface area contributed by atoms with Crippen molar-refractivity contribution in [2.45, 2.75) is 31.2 Å². The third kappa shape index (κ3) is 3.22. The van der Waals surface area contributed by atoms with Gasteiger partial charge in [0.05, 0.1) is 18.5 Å². The first kappa shape index (κ1) is 14.6. The number of alkyl halides is 1. The van der Waals surface area contributed by atoms with E-state index in [0.29, 0.717) is 11.1 Å². The van der Waals surface area contributed by atoms with Gasteiger partial charge in [-0.15, -0.1) is 0 Å². The predicted molar refractivity (Wildman–Crippen MR) is 72.8 cm³/mol. The van der Waals surface area contributed by atoms with Gasteiger partial charge in [0.25, 0.3) is 0 Å². The van der Waals surface area contributed by atoms with E-state index in [-0.39, 0.29) is 17.3 Å². The number of aryl methyl sites for hydroxylation is 3. The fraction of sp³-hybridized carbons (Fsp3) is 0.385. The van der Waals surface area contributed by atoms with Gasteiger partial charge >= 0.3 is 0 Å². The fourth-order valence-corrected chi connectivity index (χ4v) is 3.49. The standard InChI is InChI=1S/C13H16FN3O2S/c1-10-5-11(2)13(15-6-10)20(18,19)9-12-7-16-17(8-12)4-3-14/h5-8H,3-4,9H2,1-2H3. The Hall–Kier alpha value is -1.76. The highest BCUT2D eigenvalue weighted by Gasteiger charge is 2.20. The van der Waals surface area contributed by atoms with Crippen LogP contribution in [0.2, 0.25) is 0 Å². The van der Waals surface area contributed by atoms with Crippen LogP contribution in [0.3, 0.4) is 0 Å². The van der Waals surface area contributed by atoms with Crippen molar-refractivity contribution in [3.63, 3.8) is 0 Å². The predicted octanol–water partition coefficient (Wildman–Crippen LogP) is 1.84. The van der Waals surface area contributed by atoms with Gasteiger partial charge < -0.3 is 0 Å². The van der Waals surface area contributed by atoms with E-state index >= 15 is 0 Å². The smallest absolute Gasteiger partial charge is 0.200 e. The lowest BCUT2D eigenvalue weighted by Gasteiger charge is -2.06. The highest BCUT2D eigenvalue weighted by atomic mass is 32.2. The number of hydrogen-bond donors (Lipinski definition) is 0. The van der Waals surface area contributed by atoms with Crippen LogP contribution >= 0.6 is 0 Å². The molecule has 0 unspecified atom stereocenters. The molecule has 5 nitrogen and oxygen atoms in total. The quantitative estimate of drug-likeness (QED) is 0.844. The van der Waals surface area contributed by atoms with Crippen LogP contribution in [-0.4, -0.2) is 29.9 Å². The summed E-state index contributed by atoms with van der Waals surface area (Å²) in [5.74, 6) is -0.184. The maximum Gasteiger partial charge on any atom is 0.200 e. The lowest BCUT2D eigenvalue weighted by atomic mass is 10.2. The van der Waals surface area contributed by atoms with E-state index in [9.17, 15) is 12.8 Å². The van der Waals surface area contributed by atoms with Crippen LogP contribution in [0, 0.1) is 13.8 Å². The third-order valence-electron chi connectivity index (χ3n) is 2.82. The molecule has 0 aliphatic heterocycles. The molecule has 0 amide bonds. The Labute approximate surface area is 117 Å². The summed E-state index contributed by atoms with van der Waals surface area (Å²) in [5.41, 5.74) is 2.07. The number of halogens is 1. The summed E-state index contributed by atoms with van der Waals surface area (Å²) >= 11 is 0. The van der Waals surface area contributed by atoms with E-state index < -0.39 is 16.5 Å². The number of nitrogens with zero attached hydrogens (tertiary/aromatic N) is 3. The number of sulfone groups is 1. The number of pyridine rings is 1. The van der Waals surface area contributed by atoms with Crippen LogP contribution in [-0.2, 0) is 22.1 Å². The molecule has 2 aromatic heterocycles. The molecule has 0 spiro atoms. The summed E-state index contributed by atoms with van der Waals surface area (Å²) in [6.07, 6.45) is 4.52. The lowest BCUT2D eigenvalue weighted by Crippen LogP contribution is -2.09. The van der Waals surface area contributed by atoms with E-state index in [2.05, 4.69) is 10.1 Å². The monoisotopic (exact) mass is 297 g/mol. The molecule has 2 aromatic rings. The Balaban J connectivity index is 2.26. The number of rotatable bonds is 5. The molecular weight excluding hydrogens is 281 g/mol. The van der Waals surface area contributed by atoms with Crippen molar-refractivity contribution in [3.05, 3.63) is 41.3 Å². The van der Waals surface area contributed by atoms with E-state index in [1.807, 2.05) is 6.92 Å². The SMILES string of the molecule is Cc1cnc(S(=O)(=O)Cc2cnn(CCF)c2)c(C)c1. The molecule has 0 saturated carbocycles. The molecule has 7 heteroatoms. The maximum absolute atomic E-state index is 12.3. The minimum Gasteiger partial charge on any atom is -0.270 e. The zero-order valence-corrected chi connectivity index (χ0v) is 12.2. The second kappa shape index (κ2) is 5.70. The summed E-state index contributed by atoms with van der Waals surface area (Å²) in [7, 11) is -3.52. The highest BCUT2D eigenvalue weighted by molar-refractivity contribution is 7.90. The summed E-state index contributed by atoms with van der Waals surface area (Å²) in [6, 6.07) is 1.78. The first-order chi connectivity index (χ1) is 9.42. The molecular formula is C13H16FN3O2S. The van der Waals surface area contributed by atoms with Crippen molar-refractivity contribution in [3.8, 4) is 0 Å². The van der Waals surface area contributed by atoms with Crippen molar-refractivity contribution < 1.29 is 12.8 Å². The van der Waals surface area contributed by atoms with E-state index in [4.69, 9.17) is 0 Å². The van der Waals surface area contributed by atoms with Gasteiger partial charge in [-0.3, -0.25) is 4.68 Å². The first-order valence-corrected chi connectivity index (χ1v) is 7.81. The zero-order chi connectivity index (χ0) is 14.8. The van der Waals surface area contributed by atoms with Gasteiger partial charge in [-0.1, -0.05) is 6.07 Å². The largest absolute Gasteiger partial charge is 0.270 e. The van der Waals surface area contributed by atoms with E-state index in [1.54, 1.807) is 19.2 Å². The molecule has 0 aliphatic carbocycles. The van der Waals surface area contributed by atoms with Crippen LogP contribution < -0.4 is 0 Å². The van der Waals surface area contributed by atoms with Crippen molar-refractivity contribution in [2.75, 3.05) is 6.67 Å². The van der Waals surface area contributed by atoms with Crippen LogP contribution in [0.4, 0.5) is 4.39 Å². The van der Waals surface area contributed by atoms with Crippen molar-refractivity contribution in [1.29, 1.82) is 0 Å². The van der Waals surface area contributed by atoms with Crippen LogP contribution in [0.1, 0.15) is 16.7 Å². The van der Waals surface area contributed by atoms with Crippen molar-refractivity contribution in [2.24, 2.45) is 0 Å². The molecule has 0 aromatic carbocycles. The Kier molecular flexibility index (Phi) is 4.17. The van der Waals surface area contributed by atoms with Crippen molar-refractivity contribution in [1.82, 2.24) is 14.8 Å². The van der Waals surface area contributed by atoms with E-state index in [1.165, 1.54) is 17.1 Å². The van der Waals surface area contributed by atoms with Gasteiger partial charge in [0.1, 0.15) is 6.67 Å². The Morgan fingerprint density at radius 3 is 2.70 bits per heavy atom. The minimum absolute atomic E-state index is 0.0846. The maximum atomic E-state index is 12.3. The second-order valence-corrected chi connectivity index (χ2v) is 6.60. The lowest BCUT2D eigenvalue weighted by molar-refractivity contribution is 0.427. The van der Waals surface area contributed by atoms with Crippen LogP contribution in [0.25, 0.3) is 0 Å². The van der Waals surface area contributed by atoms with Gasteiger partial charge in [0.2, 0.25) is 0 Å². The molecule has 0 aliphatic rings. The van der Waals surface area contributed by atoms with Gasteiger partial charge in [-0.05, 0) is 25.0 Å². The van der Waals surface area contributed by atoms with Crippen molar-refractivity contribution >= 4 is 9.84 Å². The number of hydrogen-bond acceptors (Lipinski definition) is 4.